The molecule has 0 aliphatic carbocycles. The molecule has 0 N–H and O–H groups in total. The average molecular weight is 156 g/mol. The van der Waals surface area contributed by atoms with Gasteiger partial charge in [0.05, 0.1) is 0 Å². The Hall–Kier alpha value is -0.690. The minimum Gasteiger partial charge on any atom is -0.319 e. The quantitative estimate of drug-likeness (QED) is 0.563. The molecule has 3 nitrogen and oxygen atoms in total. The van der Waals surface area contributed by atoms with E-state index in [0.29, 0.717) is 0 Å². The summed E-state index contributed by atoms with van der Waals surface area (Å²) in [4.78, 5) is 7.54. The third-order valence-corrected chi connectivity index (χ3v) is 2.64. The Labute approximate surface area is 59.9 Å². The number of aromatic nitrogens is 2. The predicted octanol–water partition coefficient (Wildman–Crippen LogP) is 0.725. The third-order valence-electron chi connectivity index (χ3n) is 1.17. The summed E-state index contributed by atoms with van der Waals surface area (Å²) in [6, 6.07) is 0. The fourth-order valence-electron chi connectivity index (χ4n) is 0.569. The summed E-state index contributed by atoms with van der Waals surface area (Å²) in [5.74, 6) is 0. The smallest absolute Gasteiger partial charge is 0.115 e. The minimum atomic E-state index is -2.14. The highest BCUT2D eigenvalue weighted by molar-refractivity contribution is 7.70. The normalized spacial score (nSPS) is 11.4. The molecule has 10 heavy (non-hydrogen) atoms. The molecule has 0 aliphatic heterocycles. The minimum absolute atomic E-state index is 0.731. The maximum absolute atomic E-state index is 11.3. The monoisotopic (exact) mass is 156 g/mol. The molecule has 0 radical (unpaired) electrons. The van der Waals surface area contributed by atoms with Gasteiger partial charge in [-0.15, -0.1) is 0 Å². The highest BCUT2D eigenvalue weighted by Crippen LogP contribution is 2.33. The van der Waals surface area contributed by atoms with E-state index in [1.165, 1.54) is 6.33 Å². The second-order valence-corrected chi connectivity index (χ2v) is 5.67. The molecule has 1 rings (SSSR count). The highest BCUT2D eigenvalue weighted by Gasteiger charge is 2.09. The van der Waals surface area contributed by atoms with Crippen molar-refractivity contribution in [1.29, 1.82) is 0 Å². The molecule has 0 aliphatic rings. The number of hydrogen-bond donors (Lipinski definition) is 0. The van der Waals surface area contributed by atoms with E-state index < -0.39 is 7.14 Å². The van der Waals surface area contributed by atoms with Crippen molar-refractivity contribution < 1.29 is 4.57 Å². The van der Waals surface area contributed by atoms with Gasteiger partial charge in [0.15, 0.2) is 0 Å². The topological polar surface area (TPSA) is 42.9 Å². The lowest BCUT2D eigenvalue weighted by Gasteiger charge is -2.02. The zero-order valence-corrected chi connectivity index (χ0v) is 6.88. The second-order valence-electron chi connectivity index (χ2n) is 2.45. The molecule has 0 fully saturated rings. The van der Waals surface area contributed by atoms with Crippen LogP contribution in [-0.4, -0.2) is 23.3 Å². The Balaban J connectivity index is 3.09. The molecule has 0 atom stereocenters. The Morgan fingerprint density at radius 1 is 1.30 bits per heavy atom. The van der Waals surface area contributed by atoms with Crippen molar-refractivity contribution >= 4 is 12.4 Å². The zero-order valence-electron chi connectivity index (χ0n) is 5.98. The van der Waals surface area contributed by atoms with Crippen molar-refractivity contribution in [3.8, 4) is 0 Å². The van der Waals surface area contributed by atoms with E-state index in [-0.39, 0.29) is 0 Å². The van der Waals surface area contributed by atoms with Crippen molar-refractivity contribution in [2.75, 3.05) is 13.3 Å². The van der Waals surface area contributed by atoms with Gasteiger partial charge in [-0.1, -0.05) is 0 Å². The summed E-state index contributed by atoms with van der Waals surface area (Å²) in [6.45, 7) is 3.40. The Morgan fingerprint density at radius 2 is 1.80 bits per heavy atom. The molecule has 0 saturated carbocycles. The fourth-order valence-corrected chi connectivity index (χ4v) is 1.26. The molecule has 0 amide bonds. The summed E-state index contributed by atoms with van der Waals surface area (Å²) >= 11 is 0. The molecule has 0 unspecified atom stereocenters. The van der Waals surface area contributed by atoms with Gasteiger partial charge in [0, 0.05) is 17.7 Å². The van der Waals surface area contributed by atoms with Gasteiger partial charge in [-0.3, -0.25) is 0 Å². The summed E-state index contributed by atoms with van der Waals surface area (Å²) in [5.41, 5.74) is 0. The first-order chi connectivity index (χ1) is 4.61. The Bertz CT molecular complexity index is 254. The molecule has 54 valence electrons. The summed E-state index contributed by atoms with van der Waals surface area (Å²) in [7, 11) is -2.14. The lowest BCUT2D eigenvalue weighted by molar-refractivity contribution is 0.588. The summed E-state index contributed by atoms with van der Waals surface area (Å²) in [6.07, 6.45) is 4.61. The van der Waals surface area contributed by atoms with Gasteiger partial charge in [0.25, 0.3) is 0 Å². The van der Waals surface area contributed by atoms with Gasteiger partial charge in [0.2, 0.25) is 0 Å². The van der Waals surface area contributed by atoms with Crippen LogP contribution in [0, 0.1) is 0 Å². The van der Waals surface area contributed by atoms with Crippen LogP contribution < -0.4 is 5.30 Å². The van der Waals surface area contributed by atoms with Crippen LogP contribution >= 0.6 is 7.14 Å². The van der Waals surface area contributed by atoms with Gasteiger partial charge in [-0.25, -0.2) is 9.97 Å². The Morgan fingerprint density at radius 3 is 2.10 bits per heavy atom. The zero-order chi connectivity index (χ0) is 7.61. The second kappa shape index (κ2) is 2.51. The molecule has 4 heteroatoms. The first-order valence-corrected chi connectivity index (χ1v) is 5.51. The van der Waals surface area contributed by atoms with Crippen molar-refractivity contribution in [3.05, 3.63) is 18.7 Å². The molecule has 1 heterocycles. The van der Waals surface area contributed by atoms with Crippen molar-refractivity contribution in [1.82, 2.24) is 9.97 Å². The summed E-state index contributed by atoms with van der Waals surface area (Å²) < 4.78 is 11.3. The number of hydrogen-bond acceptors (Lipinski definition) is 3. The maximum atomic E-state index is 11.3. The van der Waals surface area contributed by atoms with Crippen molar-refractivity contribution in [2.45, 2.75) is 0 Å². The van der Waals surface area contributed by atoms with Gasteiger partial charge >= 0.3 is 0 Å². The summed E-state index contributed by atoms with van der Waals surface area (Å²) in [5, 5.41) is 0.731. The predicted molar refractivity (Wildman–Crippen MR) is 41.1 cm³/mol. The molecular weight excluding hydrogens is 147 g/mol. The van der Waals surface area contributed by atoms with E-state index in [4.69, 9.17) is 0 Å². The molecule has 0 bridgehead atoms. The first-order valence-electron chi connectivity index (χ1n) is 2.91. The van der Waals surface area contributed by atoms with Crippen LogP contribution in [0.1, 0.15) is 0 Å². The fraction of sp³-hybridized carbons (Fsp3) is 0.333. The maximum Gasteiger partial charge on any atom is 0.115 e. The van der Waals surface area contributed by atoms with E-state index in [1.54, 1.807) is 25.7 Å². The first kappa shape index (κ1) is 7.42. The molecule has 0 spiro atoms. The van der Waals surface area contributed by atoms with E-state index in [0.717, 1.165) is 5.30 Å². The molecule has 1 aromatic rings. The van der Waals surface area contributed by atoms with Crippen molar-refractivity contribution in [3.63, 3.8) is 0 Å². The molecule has 0 saturated heterocycles. The Kier molecular flexibility index (Phi) is 1.86. The molecule has 0 aromatic carbocycles. The van der Waals surface area contributed by atoms with E-state index in [2.05, 4.69) is 9.97 Å². The van der Waals surface area contributed by atoms with Gasteiger partial charge in [-0.2, -0.15) is 0 Å². The molecular formula is C6H9N2OP. The van der Waals surface area contributed by atoms with Crippen molar-refractivity contribution in [2.24, 2.45) is 0 Å². The van der Waals surface area contributed by atoms with Crippen LogP contribution in [0.25, 0.3) is 0 Å². The molecule has 1 aromatic heterocycles. The van der Waals surface area contributed by atoms with Crippen LogP contribution in [0.15, 0.2) is 18.7 Å². The van der Waals surface area contributed by atoms with Gasteiger partial charge in [-0.05, 0) is 13.3 Å². The van der Waals surface area contributed by atoms with Gasteiger partial charge < -0.3 is 4.57 Å². The van der Waals surface area contributed by atoms with Crippen LogP contribution in [0.4, 0.5) is 0 Å². The number of nitrogens with zero attached hydrogens (tertiary/aromatic N) is 2. The van der Waals surface area contributed by atoms with Crippen LogP contribution in [0.2, 0.25) is 0 Å². The lowest BCUT2D eigenvalue weighted by atomic mass is 10.7. The standard InChI is InChI=1S/C6H9N2OP/c1-10(2,9)6-3-7-5-8-4-6/h3-5H,1-2H3. The van der Waals surface area contributed by atoms with E-state index in [9.17, 15) is 4.57 Å². The van der Waals surface area contributed by atoms with Crippen LogP contribution in [-0.2, 0) is 4.57 Å². The van der Waals surface area contributed by atoms with Crippen LogP contribution in [0.5, 0.6) is 0 Å². The third kappa shape index (κ3) is 1.64. The van der Waals surface area contributed by atoms with Gasteiger partial charge in [0.1, 0.15) is 13.5 Å². The van der Waals surface area contributed by atoms with Crippen LogP contribution in [0.3, 0.4) is 0 Å². The average Bonchev–Trinajstić information content (AvgIpc) is 1.88. The van der Waals surface area contributed by atoms with E-state index >= 15 is 0 Å². The number of rotatable bonds is 1. The van der Waals surface area contributed by atoms with E-state index in [1.807, 2.05) is 0 Å². The highest BCUT2D eigenvalue weighted by atomic mass is 31.2. The largest absolute Gasteiger partial charge is 0.319 e. The SMILES string of the molecule is CP(C)(=O)c1cncnc1. The lowest BCUT2D eigenvalue weighted by Crippen LogP contribution is -2.03.